The van der Waals surface area contributed by atoms with E-state index in [1.165, 1.54) is 0 Å². The van der Waals surface area contributed by atoms with Crippen molar-refractivity contribution in [2.75, 3.05) is 6.61 Å². The molecule has 0 radical (unpaired) electrons. The Kier molecular flexibility index (Phi) is 2.07. The number of urea groups is 1. The van der Waals surface area contributed by atoms with Crippen molar-refractivity contribution in [1.82, 2.24) is 15.6 Å². The number of benzene rings is 1. The van der Waals surface area contributed by atoms with E-state index in [-0.39, 0.29) is 5.91 Å². The Labute approximate surface area is 114 Å². The van der Waals surface area contributed by atoms with Crippen molar-refractivity contribution in [2.24, 2.45) is 0 Å². The highest BCUT2D eigenvalue weighted by molar-refractivity contribution is 6.08. The molecule has 3 heterocycles. The normalized spacial score (nSPS) is 24.2. The number of hydrogen-bond acceptors (Lipinski definition) is 4. The lowest BCUT2D eigenvalue weighted by molar-refractivity contribution is -0.125. The number of rotatable bonds is 0. The molecule has 1 unspecified atom stereocenters. The first kappa shape index (κ1) is 11.2. The molecule has 4 rings (SSSR count). The Morgan fingerprint density at radius 3 is 2.95 bits per heavy atom. The molecule has 2 N–H and O–H groups in total. The van der Waals surface area contributed by atoms with E-state index in [1.54, 1.807) is 12.3 Å². The fourth-order valence-corrected chi connectivity index (χ4v) is 2.92. The van der Waals surface area contributed by atoms with Crippen LogP contribution in [0.1, 0.15) is 12.0 Å². The fraction of sp³-hybridized carbons (Fsp3) is 0.214. The summed E-state index contributed by atoms with van der Waals surface area (Å²) in [7, 11) is 0. The smallest absolute Gasteiger partial charge is 0.322 e. The summed E-state index contributed by atoms with van der Waals surface area (Å²) in [5, 5.41) is 5.89. The number of pyridine rings is 1. The first-order valence-electron chi connectivity index (χ1n) is 6.35. The van der Waals surface area contributed by atoms with Gasteiger partial charge in [0.2, 0.25) is 0 Å². The average Bonchev–Trinajstić information content (AvgIpc) is 2.74. The minimum Gasteiger partial charge on any atom is -0.492 e. The first-order chi connectivity index (χ1) is 9.71. The van der Waals surface area contributed by atoms with Crippen molar-refractivity contribution in [3.8, 4) is 5.75 Å². The van der Waals surface area contributed by atoms with Gasteiger partial charge in [0.05, 0.1) is 12.1 Å². The molecular formula is C14H11N3O3. The molecule has 1 fully saturated rings. The summed E-state index contributed by atoms with van der Waals surface area (Å²) in [5.41, 5.74) is 0.468. The Morgan fingerprint density at radius 1 is 1.25 bits per heavy atom. The number of carbonyl (C=O) groups excluding carboxylic acids is 2. The molecule has 3 amide bonds. The van der Waals surface area contributed by atoms with E-state index < -0.39 is 11.6 Å². The largest absolute Gasteiger partial charge is 0.492 e. The number of hydrogen-bond donors (Lipinski definition) is 2. The highest BCUT2D eigenvalue weighted by Gasteiger charge is 2.51. The molecule has 20 heavy (non-hydrogen) atoms. The van der Waals surface area contributed by atoms with E-state index in [0.717, 1.165) is 10.9 Å². The molecule has 2 aromatic rings. The zero-order chi connectivity index (χ0) is 13.7. The van der Waals surface area contributed by atoms with Crippen LogP contribution in [-0.2, 0) is 10.3 Å². The van der Waals surface area contributed by atoms with Crippen LogP contribution in [0.3, 0.4) is 0 Å². The molecule has 1 saturated heterocycles. The number of ether oxygens (including phenoxy) is 1. The van der Waals surface area contributed by atoms with E-state index >= 15 is 0 Å². The Bertz CT molecular complexity index is 758. The number of nitrogens with one attached hydrogen (secondary N) is 2. The van der Waals surface area contributed by atoms with E-state index in [4.69, 9.17) is 4.74 Å². The van der Waals surface area contributed by atoms with E-state index in [1.807, 2.05) is 18.2 Å². The van der Waals surface area contributed by atoms with E-state index in [2.05, 4.69) is 15.6 Å². The molecule has 1 atom stereocenters. The highest BCUT2D eigenvalue weighted by atomic mass is 16.5. The zero-order valence-electron chi connectivity index (χ0n) is 10.5. The lowest BCUT2D eigenvalue weighted by Gasteiger charge is -2.33. The highest BCUT2D eigenvalue weighted by Crippen LogP contribution is 2.42. The second-order valence-electron chi connectivity index (χ2n) is 4.92. The quantitative estimate of drug-likeness (QED) is 0.701. The van der Waals surface area contributed by atoms with Crippen LogP contribution >= 0.6 is 0 Å². The van der Waals surface area contributed by atoms with Gasteiger partial charge in [0.15, 0.2) is 5.54 Å². The number of imide groups is 1. The van der Waals surface area contributed by atoms with Gasteiger partial charge < -0.3 is 10.1 Å². The topological polar surface area (TPSA) is 80.3 Å². The fourth-order valence-electron chi connectivity index (χ4n) is 2.92. The summed E-state index contributed by atoms with van der Waals surface area (Å²) < 4.78 is 5.74. The second-order valence-corrected chi connectivity index (χ2v) is 4.92. The maximum absolute atomic E-state index is 12.2. The van der Waals surface area contributed by atoms with Gasteiger partial charge in [-0.1, -0.05) is 6.07 Å². The van der Waals surface area contributed by atoms with Gasteiger partial charge >= 0.3 is 6.03 Å². The summed E-state index contributed by atoms with van der Waals surface area (Å²) in [6, 6.07) is 6.89. The molecule has 1 aromatic heterocycles. The van der Waals surface area contributed by atoms with Gasteiger partial charge in [-0.15, -0.1) is 0 Å². The number of amides is 3. The molecule has 0 bridgehead atoms. The summed E-state index contributed by atoms with van der Waals surface area (Å²) in [4.78, 5) is 28.0. The SMILES string of the molecule is O=C1NC(=O)C2(CCOc3c2ccc2ncccc32)N1. The summed E-state index contributed by atoms with van der Waals surface area (Å²) >= 11 is 0. The number of nitrogens with zero attached hydrogens (tertiary/aromatic N) is 1. The zero-order valence-corrected chi connectivity index (χ0v) is 10.5. The van der Waals surface area contributed by atoms with Crippen LogP contribution in [-0.4, -0.2) is 23.5 Å². The molecule has 2 aliphatic rings. The van der Waals surface area contributed by atoms with Crippen molar-refractivity contribution in [1.29, 1.82) is 0 Å². The third kappa shape index (κ3) is 1.30. The number of aromatic nitrogens is 1. The molecule has 0 saturated carbocycles. The van der Waals surface area contributed by atoms with Crippen LogP contribution < -0.4 is 15.4 Å². The minimum atomic E-state index is -1.02. The lowest BCUT2D eigenvalue weighted by Crippen LogP contribution is -2.47. The van der Waals surface area contributed by atoms with Crippen LogP contribution in [0.5, 0.6) is 5.75 Å². The van der Waals surface area contributed by atoms with E-state index in [9.17, 15) is 9.59 Å². The molecule has 0 aliphatic carbocycles. The van der Waals surface area contributed by atoms with Crippen molar-refractivity contribution < 1.29 is 14.3 Å². The standard InChI is InChI=1S/C14H11N3O3/c18-12-14(17-13(19)16-12)5-7-20-11-8-2-1-6-15-10(8)4-3-9(11)14/h1-4,6H,5,7H2,(H2,16,17,18,19). The summed E-state index contributed by atoms with van der Waals surface area (Å²) in [6.45, 7) is 0.370. The third-order valence-electron chi connectivity index (χ3n) is 3.86. The lowest BCUT2D eigenvalue weighted by atomic mass is 9.83. The molecule has 100 valence electrons. The van der Waals surface area contributed by atoms with Crippen LogP contribution in [0.4, 0.5) is 4.79 Å². The molecular weight excluding hydrogens is 258 g/mol. The van der Waals surface area contributed by atoms with E-state index in [0.29, 0.717) is 24.3 Å². The molecule has 6 heteroatoms. The second kappa shape index (κ2) is 3.69. The molecule has 2 aliphatic heterocycles. The maximum atomic E-state index is 12.2. The van der Waals surface area contributed by atoms with Gasteiger partial charge in [-0.3, -0.25) is 15.1 Å². The van der Waals surface area contributed by atoms with Gasteiger partial charge in [0.25, 0.3) is 5.91 Å². The van der Waals surface area contributed by atoms with Crippen LogP contribution in [0.25, 0.3) is 10.9 Å². The molecule has 6 nitrogen and oxygen atoms in total. The van der Waals surface area contributed by atoms with Crippen molar-refractivity contribution in [3.63, 3.8) is 0 Å². The number of carbonyl (C=O) groups is 2. The first-order valence-corrected chi connectivity index (χ1v) is 6.35. The van der Waals surface area contributed by atoms with Crippen molar-refractivity contribution in [3.05, 3.63) is 36.0 Å². The van der Waals surface area contributed by atoms with Crippen molar-refractivity contribution in [2.45, 2.75) is 12.0 Å². The Morgan fingerprint density at radius 2 is 2.15 bits per heavy atom. The monoisotopic (exact) mass is 269 g/mol. The van der Waals surface area contributed by atoms with Crippen LogP contribution in [0.2, 0.25) is 0 Å². The van der Waals surface area contributed by atoms with Gasteiger partial charge in [0, 0.05) is 23.6 Å². The van der Waals surface area contributed by atoms with Gasteiger partial charge in [0.1, 0.15) is 5.75 Å². The minimum absolute atomic E-state index is 0.324. The third-order valence-corrected chi connectivity index (χ3v) is 3.86. The van der Waals surface area contributed by atoms with Crippen molar-refractivity contribution >= 4 is 22.8 Å². The van der Waals surface area contributed by atoms with Gasteiger partial charge in [-0.05, 0) is 18.2 Å². The van der Waals surface area contributed by atoms with Gasteiger partial charge in [-0.2, -0.15) is 0 Å². The predicted octanol–water partition coefficient (Wildman–Crippen LogP) is 1.05. The summed E-state index contributed by atoms with van der Waals surface area (Å²) in [5.74, 6) is 0.300. The van der Waals surface area contributed by atoms with Gasteiger partial charge in [-0.25, -0.2) is 4.79 Å². The molecule has 1 aromatic carbocycles. The number of fused-ring (bicyclic) bond motifs is 4. The Balaban J connectivity index is 2.01. The molecule has 1 spiro atoms. The predicted molar refractivity (Wildman–Crippen MR) is 70.2 cm³/mol. The Hall–Kier alpha value is -2.63. The summed E-state index contributed by atoms with van der Waals surface area (Å²) in [6.07, 6.45) is 2.13. The van der Waals surface area contributed by atoms with Crippen LogP contribution in [0, 0.1) is 0 Å². The van der Waals surface area contributed by atoms with Crippen LogP contribution in [0.15, 0.2) is 30.5 Å². The average molecular weight is 269 g/mol. The maximum Gasteiger partial charge on any atom is 0.322 e.